The van der Waals surface area contributed by atoms with Gasteiger partial charge in [-0.05, 0) is 31.5 Å². The summed E-state index contributed by atoms with van der Waals surface area (Å²) in [6.45, 7) is 4.27. The molecule has 1 aliphatic heterocycles. The van der Waals surface area contributed by atoms with E-state index >= 15 is 0 Å². The van der Waals surface area contributed by atoms with Crippen LogP contribution in [0.4, 0.5) is 10.8 Å². The van der Waals surface area contributed by atoms with Gasteiger partial charge in [0, 0.05) is 35.3 Å². The SMILES string of the molecule is CCN1C(=O)C(CC(=O)Nc2cc(Cl)ccc2C)S/C1=N/c1nccs1. The Hall–Kier alpha value is -1.90. The van der Waals surface area contributed by atoms with Gasteiger partial charge >= 0.3 is 0 Å². The highest BCUT2D eigenvalue weighted by atomic mass is 35.5. The zero-order valence-corrected chi connectivity index (χ0v) is 16.6. The number of rotatable bonds is 5. The minimum absolute atomic E-state index is 0.0723. The molecule has 26 heavy (non-hydrogen) atoms. The molecule has 6 nitrogen and oxygen atoms in total. The van der Waals surface area contributed by atoms with Crippen molar-refractivity contribution in [3.05, 3.63) is 40.4 Å². The molecule has 0 spiro atoms. The van der Waals surface area contributed by atoms with Gasteiger partial charge < -0.3 is 5.32 Å². The fourth-order valence-corrected chi connectivity index (χ4v) is 4.40. The van der Waals surface area contributed by atoms with E-state index in [1.807, 2.05) is 25.3 Å². The number of aryl methyl sites for hydroxylation is 1. The molecule has 1 aliphatic rings. The molecular weight excluding hydrogens is 392 g/mol. The largest absolute Gasteiger partial charge is 0.326 e. The Labute approximate surface area is 164 Å². The average Bonchev–Trinajstić information content (AvgIpc) is 3.20. The van der Waals surface area contributed by atoms with Gasteiger partial charge in [-0.1, -0.05) is 29.4 Å². The van der Waals surface area contributed by atoms with Crippen LogP contribution >= 0.6 is 34.7 Å². The number of carbonyl (C=O) groups excluding carboxylic acids is 2. The lowest BCUT2D eigenvalue weighted by Crippen LogP contribution is -2.33. The third-order valence-corrected chi connectivity index (χ3v) is 5.87. The fraction of sp³-hybridized carbons (Fsp3) is 0.294. The first kappa shape index (κ1) is 18.9. The normalized spacial score (nSPS) is 18.6. The quantitative estimate of drug-likeness (QED) is 0.808. The number of aliphatic imine (C=N–C) groups is 1. The maximum Gasteiger partial charge on any atom is 0.242 e. The summed E-state index contributed by atoms with van der Waals surface area (Å²) in [5, 5.41) is 5.90. The Balaban J connectivity index is 1.70. The van der Waals surface area contributed by atoms with Crippen molar-refractivity contribution in [1.82, 2.24) is 9.88 Å². The number of amides is 2. The average molecular weight is 409 g/mol. The lowest BCUT2D eigenvalue weighted by Gasteiger charge is -2.13. The first-order chi connectivity index (χ1) is 12.5. The van der Waals surface area contributed by atoms with Gasteiger partial charge in [0.15, 0.2) is 5.17 Å². The first-order valence-electron chi connectivity index (χ1n) is 8.00. The number of thiazole rings is 1. The third-order valence-electron chi connectivity index (χ3n) is 3.79. The van der Waals surface area contributed by atoms with Crippen molar-refractivity contribution in [3.63, 3.8) is 0 Å². The number of carbonyl (C=O) groups is 2. The Morgan fingerprint density at radius 2 is 2.27 bits per heavy atom. The molecule has 3 rings (SSSR count). The van der Waals surface area contributed by atoms with Gasteiger partial charge in [0.05, 0.1) is 0 Å². The highest BCUT2D eigenvalue weighted by Gasteiger charge is 2.38. The predicted octanol–water partition coefficient (Wildman–Crippen LogP) is 4.09. The summed E-state index contributed by atoms with van der Waals surface area (Å²) in [6.07, 6.45) is 1.74. The number of thioether (sulfide) groups is 1. The molecule has 1 fully saturated rings. The molecule has 1 N–H and O–H groups in total. The predicted molar refractivity (Wildman–Crippen MR) is 107 cm³/mol. The van der Waals surface area contributed by atoms with E-state index in [0.29, 0.717) is 27.6 Å². The maximum absolute atomic E-state index is 12.6. The second kappa shape index (κ2) is 8.20. The maximum atomic E-state index is 12.6. The lowest BCUT2D eigenvalue weighted by molar-refractivity contribution is -0.128. The first-order valence-corrected chi connectivity index (χ1v) is 10.1. The van der Waals surface area contributed by atoms with E-state index < -0.39 is 5.25 Å². The van der Waals surface area contributed by atoms with Gasteiger partial charge in [-0.15, -0.1) is 11.3 Å². The molecule has 0 saturated carbocycles. The van der Waals surface area contributed by atoms with Crippen LogP contribution in [0.15, 0.2) is 34.8 Å². The molecule has 1 aromatic heterocycles. The zero-order chi connectivity index (χ0) is 18.7. The van der Waals surface area contributed by atoms with Crippen molar-refractivity contribution in [3.8, 4) is 0 Å². The highest BCUT2D eigenvalue weighted by Crippen LogP contribution is 2.32. The lowest BCUT2D eigenvalue weighted by atomic mass is 10.2. The summed E-state index contributed by atoms with van der Waals surface area (Å²) in [5.74, 6) is -0.335. The molecule has 2 heterocycles. The van der Waals surface area contributed by atoms with E-state index in [1.54, 1.807) is 23.2 Å². The van der Waals surface area contributed by atoms with E-state index in [-0.39, 0.29) is 18.2 Å². The summed E-state index contributed by atoms with van der Waals surface area (Å²) in [4.78, 5) is 35.1. The summed E-state index contributed by atoms with van der Waals surface area (Å²) in [6, 6.07) is 5.31. The minimum Gasteiger partial charge on any atom is -0.326 e. The number of amidine groups is 1. The van der Waals surface area contributed by atoms with E-state index in [2.05, 4.69) is 15.3 Å². The number of benzene rings is 1. The van der Waals surface area contributed by atoms with Gasteiger partial charge in [-0.3, -0.25) is 14.5 Å². The van der Waals surface area contributed by atoms with E-state index in [4.69, 9.17) is 11.6 Å². The molecule has 2 amide bonds. The van der Waals surface area contributed by atoms with Gasteiger partial charge in [0.2, 0.25) is 16.9 Å². The summed E-state index contributed by atoms with van der Waals surface area (Å²) in [7, 11) is 0. The molecule has 1 aromatic carbocycles. The number of hydrogen-bond donors (Lipinski definition) is 1. The number of anilines is 1. The smallest absolute Gasteiger partial charge is 0.242 e. The van der Waals surface area contributed by atoms with Crippen LogP contribution in [0.2, 0.25) is 5.02 Å². The fourth-order valence-electron chi connectivity index (χ4n) is 2.47. The number of nitrogens with one attached hydrogen (secondary N) is 1. The van der Waals surface area contributed by atoms with E-state index in [1.165, 1.54) is 23.1 Å². The molecule has 0 aliphatic carbocycles. The molecule has 0 bridgehead atoms. The number of aromatic nitrogens is 1. The van der Waals surface area contributed by atoms with Crippen LogP contribution < -0.4 is 5.32 Å². The van der Waals surface area contributed by atoms with Crippen LogP contribution in [-0.2, 0) is 9.59 Å². The molecule has 1 atom stereocenters. The molecule has 1 unspecified atom stereocenters. The van der Waals surface area contributed by atoms with Crippen molar-refractivity contribution in [2.24, 2.45) is 4.99 Å². The topological polar surface area (TPSA) is 74.7 Å². The van der Waals surface area contributed by atoms with Crippen molar-refractivity contribution in [1.29, 1.82) is 0 Å². The van der Waals surface area contributed by atoms with Crippen LogP contribution in [0.3, 0.4) is 0 Å². The van der Waals surface area contributed by atoms with Crippen LogP contribution in [0.5, 0.6) is 0 Å². The summed E-state index contributed by atoms with van der Waals surface area (Å²) >= 11 is 8.69. The zero-order valence-electron chi connectivity index (χ0n) is 14.2. The summed E-state index contributed by atoms with van der Waals surface area (Å²) in [5.41, 5.74) is 1.57. The minimum atomic E-state index is -0.492. The van der Waals surface area contributed by atoms with Crippen LogP contribution in [0.25, 0.3) is 0 Å². The molecular formula is C17H17ClN4O2S2. The summed E-state index contributed by atoms with van der Waals surface area (Å²) < 4.78 is 0. The third kappa shape index (κ3) is 4.25. The number of nitrogens with zero attached hydrogens (tertiary/aromatic N) is 3. The second-order valence-electron chi connectivity index (χ2n) is 5.61. The highest BCUT2D eigenvalue weighted by molar-refractivity contribution is 8.15. The number of halogens is 1. The Morgan fingerprint density at radius 3 is 2.96 bits per heavy atom. The monoisotopic (exact) mass is 408 g/mol. The molecule has 136 valence electrons. The van der Waals surface area contributed by atoms with Crippen molar-refractivity contribution >= 4 is 62.5 Å². The van der Waals surface area contributed by atoms with E-state index in [0.717, 1.165) is 5.56 Å². The Bertz CT molecular complexity index is 854. The van der Waals surface area contributed by atoms with Gasteiger partial charge in [-0.2, -0.15) is 4.99 Å². The van der Waals surface area contributed by atoms with Crippen molar-refractivity contribution in [2.45, 2.75) is 25.5 Å². The van der Waals surface area contributed by atoms with Crippen molar-refractivity contribution < 1.29 is 9.59 Å². The number of hydrogen-bond acceptors (Lipinski definition) is 6. The van der Waals surface area contributed by atoms with E-state index in [9.17, 15) is 9.59 Å². The standard InChI is InChI=1S/C17H17ClN4O2S2/c1-3-22-15(24)13(26-17(22)21-16-19-6-7-25-16)9-14(23)20-12-8-11(18)5-4-10(12)2/h4-8,13H,3,9H2,1-2H3,(H,20,23)/b21-17+. The molecule has 1 saturated heterocycles. The Kier molecular flexibility index (Phi) is 5.95. The Morgan fingerprint density at radius 1 is 1.46 bits per heavy atom. The van der Waals surface area contributed by atoms with Crippen LogP contribution in [0, 0.1) is 6.92 Å². The van der Waals surface area contributed by atoms with Gasteiger partial charge in [-0.25, -0.2) is 4.98 Å². The van der Waals surface area contributed by atoms with Gasteiger partial charge in [0.1, 0.15) is 5.25 Å². The molecule has 0 radical (unpaired) electrons. The molecule has 9 heteroatoms. The second-order valence-corrected chi connectivity index (χ2v) is 8.09. The molecule has 2 aromatic rings. The van der Waals surface area contributed by atoms with Crippen LogP contribution in [0.1, 0.15) is 18.9 Å². The van der Waals surface area contributed by atoms with Gasteiger partial charge in [0.25, 0.3) is 0 Å². The van der Waals surface area contributed by atoms with Crippen LogP contribution in [-0.4, -0.2) is 38.7 Å². The van der Waals surface area contributed by atoms with Crippen molar-refractivity contribution in [2.75, 3.05) is 11.9 Å².